The third kappa shape index (κ3) is 6.96. The molecule has 2 N–H and O–H groups in total. The van der Waals surface area contributed by atoms with Crippen LogP contribution in [0.3, 0.4) is 0 Å². The molecule has 1 amide bonds. The van der Waals surface area contributed by atoms with E-state index in [4.69, 9.17) is 16.3 Å². The van der Waals surface area contributed by atoms with Gasteiger partial charge in [-0.1, -0.05) is 29.8 Å². The minimum Gasteiger partial charge on any atom is -0.380 e. The van der Waals surface area contributed by atoms with Crippen molar-refractivity contribution >= 4 is 23.2 Å². The maximum Gasteiger partial charge on any atom is 0.238 e. The third-order valence-corrected chi connectivity index (χ3v) is 2.65. The van der Waals surface area contributed by atoms with Crippen LogP contribution in [0.2, 0.25) is 5.02 Å². The van der Waals surface area contributed by atoms with E-state index in [1.165, 1.54) is 0 Å². The molecule has 0 aliphatic rings. The SMILES string of the molecule is C=CCCOCCNCC(=O)Nc1ccccc1Cl. The van der Waals surface area contributed by atoms with Crippen LogP contribution < -0.4 is 10.6 Å². The molecule has 0 bridgehead atoms. The number of benzene rings is 1. The molecule has 1 aromatic carbocycles. The van der Waals surface area contributed by atoms with Gasteiger partial charge in [-0.3, -0.25) is 4.79 Å². The fraction of sp³-hybridized carbons (Fsp3) is 0.357. The Bertz CT molecular complexity index is 410. The van der Waals surface area contributed by atoms with Gasteiger partial charge in [0, 0.05) is 6.54 Å². The molecule has 0 fully saturated rings. The molecule has 0 aliphatic carbocycles. The van der Waals surface area contributed by atoms with Crippen LogP contribution in [0.15, 0.2) is 36.9 Å². The van der Waals surface area contributed by atoms with Gasteiger partial charge in [-0.05, 0) is 18.6 Å². The molecule has 0 spiro atoms. The zero-order valence-corrected chi connectivity index (χ0v) is 11.6. The van der Waals surface area contributed by atoms with E-state index < -0.39 is 0 Å². The minimum atomic E-state index is -0.126. The van der Waals surface area contributed by atoms with E-state index in [1.807, 2.05) is 18.2 Å². The molecule has 104 valence electrons. The average Bonchev–Trinajstić information content (AvgIpc) is 2.40. The smallest absolute Gasteiger partial charge is 0.238 e. The predicted molar refractivity (Wildman–Crippen MR) is 78.6 cm³/mol. The highest BCUT2D eigenvalue weighted by molar-refractivity contribution is 6.33. The largest absolute Gasteiger partial charge is 0.380 e. The lowest BCUT2D eigenvalue weighted by atomic mass is 10.3. The highest BCUT2D eigenvalue weighted by atomic mass is 35.5. The molecular formula is C14H19ClN2O2. The number of carbonyl (C=O) groups is 1. The molecule has 19 heavy (non-hydrogen) atoms. The van der Waals surface area contributed by atoms with Gasteiger partial charge in [0.15, 0.2) is 0 Å². The second-order valence-corrected chi connectivity index (χ2v) is 4.30. The fourth-order valence-corrected chi connectivity index (χ4v) is 1.55. The van der Waals surface area contributed by atoms with E-state index in [9.17, 15) is 4.79 Å². The van der Waals surface area contributed by atoms with Crippen molar-refractivity contribution in [2.45, 2.75) is 6.42 Å². The number of para-hydroxylation sites is 1. The van der Waals surface area contributed by atoms with Crippen molar-refractivity contribution in [3.63, 3.8) is 0 Å². The summed E-state index contributed by atoms with van der Waals surface area (Å²) in [4.78, 5) is 11.6. The van der Waals surface area contributed by atoms with E-state index in [0.29, 0.717) is 30.5 Å². The van der Waals surface area contributed by atoms with E-state index in [1.54, 1.807) is 12.1 Å². The number of anilines is 1. The minimum absolute atomic E-state index is 0.126. The monoisotopic (exact) mass is 282 g/mol. The number of ether oxygens (including phenoxy) is 1. The summed E-state index contributed by atoms with van der Waals surface area (Å²) in [6, 6.07) is 7.13. The molecule has 1 aromatic rings. The van der Waals surface area contributed by atoms with Gasteiger partial charge in [0.2, 0.25) is 5.91 Å². The zero-order valence-electron chi connectivity index (χ0n) is 10.8. The van der Waals surface area contributed by atoms with Gasteiger partial charge in [-0.15, -0.1) is 6.58 Å². The van der Waals surface area contributed by atoms with Gasteiger partial charge in [-0.25, -0.2) is 0 Å². The molecular weight excluding hydrogens is 264 g/mol. The number of amides is 1. The Balaban J connectivity index is 2.12. The van der Waals surface area contributed by atoms with Gasteiger partial charge >= 0.3 is 0 Å². The highest BCUT2D eigenvalue weighted by Gasteiger charge is 2.04. The Morgan fingerprint density at radius 2 is 2.16 bits per heavy atom. The van der Waals surface area contributed by atoms with E-state index in [-0.39, 0.29) is 12.5 Å². The lowest BCUT2D eigenvalue weighted by Gasteiger charge is -2.08. The molecule has 0 aliphatic heterocycles. The predicted octanol–water partition coefficient (Wildman–Crippen LogP) is 2.46. The molecule has 5 heteroatoms. The quantitative estimate of drug-likeness (QED) is 0.540. The lowest BCUT2D eigenvalue weighted by molar-refractivity contribution is -0.115. The van der Waals surface area contributed by atoms with E-state index in [0.717, 1.165) is 6.42 Å². The fourth-order valence-electron chi connectivity index (χ4n) is 1.37. The summed E-state index contributed by atoms with van der Waals surface area (Å²) in [6.07, 6.45) is 2.65. The molecule has 1 rings (SSSR count). The highest BCUT2D eigenvalue weighted by Crippen LogP contribution is 2.19. The topological polar surface area (TPSA) is 50.4 Å². The van der Waals surface area contributed by atoms with Crippen molar-refractivity contribution in [1.29, 1.82) is 0 Å². The van der Waals surface area contributed by atoms with Crippen LogP contribution in [0.4, 0.5) is 5.69 Å². The molecule has 0 saturated carbocycles. The summed E-state index contributed by atoms with van der Waals surface area (Å²) in [6.45, 7) is 5.71. The Labute approximate surface area is 118 Å². The number of carbonyl (C=O) groups excluding carboxylic acids is 1. The Kier molecular flexibility index (Phi) is 7.89. The van der Waals surface area contributed by atoms with E-state index in [2.05, 4.69) is 17.2 Å². The van der Waals surface area contributed by atoms with Crippen LogP contribution in [0, 0.1) is 0 Å². The van der Waals surface area contributed by atoms with Crippen molar-refractivity contribution in [3.8, 4) is 0 Å². The first kappa shape index (κ1) is 15.7. The molecule has 0 radical (unpaired) electrons. The van der Waals surface area contributed by atoms with Crippen molar-refractivity contribution in [2.24, 2.45) is 0 Å². The Morgan fingerprint density at radius 1 is 1.37 bits per heavy atom. The second kappa shape index (κ2) is 9.55. The third-order valence-electron chi connectivity index (χ3n) is 2.32. The Morgan fingerprint density at radius 3 is 2.89 bits per heavy atom. The van der Waals surface area contributed by atoms with Crippen LogP contribution in [0.1, 0.15) is 6.42 Å². The van der Waals surface area contributed by atoms with Crippen molar-refractivity contribution in [3.05, 3.63) is 41.9 Å². The molecule has 0 atom stereocenters. The summed E-state index contributed by atoms with van der Waals surface area (Å²) in [5, 5.41) is 6.26. The normalized spacial score (nSPS) is 10.2. The van der Waals surface area contributed by atoms with Crippen LogP contribution in [-0.2, 0) is 9.53 Å². The van der Waals surface area contributed by atoms with E-state index >= 15 is 0 Å². The summed E-state index contributed by atoms with van der Waals surface area (Å²) in [5.41, 5.74) is 0.623. The molecule has 0 unspecified atom stereocenters. The van der Waals surface area contributed by atoms with Gasteiger partial charge in [-0.2, -0.15) is 0 Å². The standard InChI is InChI=1S/C14H19ClN2O2/c1-2-3-9-19-10-8-16-11-14(18)17-13-7-5-4-6-12(13)15/h2,4-7,16H,1,3,8-11H2,(H,17,18). The number of rotatable bonds is 9. The number of hydrogen-bond donors (Lipinski definition) is 2. The summed E-state index contributed by atoms with van der Waals surface area (Å²) >= 11 is 5.94. The molecule has 0 aromatic heterocycles. The summed E-state index contributed by atoms with van der Waals surface area (Å²) in [7, 11) is 0. The average molecular weight is 283 g/mol. The molecule has 0 saturated heterocycles. The first-order valence-electron chi connectivity index (χ1n) is 6.17. The van der Waals surface area contributed by atoms with Crippen LogP contribution in [0.5, 0.6) is 0 Å². The van der Waals surface area contributed by atoms with Crippen LogP contribution in [-0.4, -0.2) is 32.2 Å². The molecule has 4 nitrogen and oxygen atoms in total. The number of halogens is 1. The maximum atomic E-state index is 11.6. The first-order chi connectivity index (χ1) is 9.24. The second-order valence-electron chi connectivity index (χ2n) is 3.89. The van der Waals surface area contributed by atoms with Gasteiger partial charge in [0.25, 0.3) is 0 Å². The zero-order chi connectivity index (χ0) is 13.9. The van der Waals surface area contributed by atoms with Crippen LogP contribution in [0.25, 0.3) is 0 Å². The van der Waals surface area contributed by atoms with Crippen molar-refractivity contribution in [2.75, 3.05) is 31.6 Å². The number of hydrogen-bond acceptors (Lipinski definition) is 3. The number of nitrogens with one attached hydrogen (secondary N) is 2. The molecule has 0 heterocycles. The summed E-state index contributed by atoms with van der Waals surface area (Å²) < 4.78 is 5.31. The van der Waals surface area contributed by atoms with Gasteiger partial charge < -0.3 is 15.4 Å². The van der Waals surface area contributed by atoms with Crippen LogP contribution >= 0.6 is 11.6 Å². The van der Waals surface area contributed by atoms with Gasteiger partial charge in [0.05, 0.1) is 30.5 Å². The summed E-state index contributed by atoms with van der Waals surface area (Å²) in [5.74, 6) is -0.126. The Hall–Kier alpha value is -1.36. The van der Waals surface area contributed by atoms with Crippen molar-refractivity contribution < 1.29 is 9.53 Å². The first-order valence-corrected chi connectivity index (χ1v) is 6.55. The van der Waals surface area contributed by atoms with Gasteiger partial charge in [0.1, 0.15) is 0 Å². The van der Waals surface area contributed by atoms with Crippen molar-refractivity contribution in [1.82, 2.24) is 5.32 Å². The maximum absolute atomic E-state index is 11.6. The lowest BCUT2D eigenvalue weighted by Crippen LogP contribution is -2.30.